The molecule has 2 atom stereocenters. The second-order valence-electron chi connectivity index (χ2n) is 4.28. The predicted octanol–water partition coefficient (Wildman–Crippen LogP) is 2.13. The molecule has 1 aliphatic heterocycles. The lowest BCUT2D eigenvalue weighted by Crippen LogP contribution is -2.42. The molecule has 1 fully saturated rings. The molecule has 2 unspecified atom stereocenters. The minimum Gasteiger partial charge on any atom is -0.372 e. The van der Waals surface area contributed by atoms with Gasteiger partial charge in [-0.25, -0.2) is 0 Å². The molecule has 0 bridgehead atoms. The van der Waals surface area contributed by atoms with Crippen LogP contribution in [0.4, 0.5) is 0 Å². The molecule has 1 saturated heterocycles. The fourth-order valence-electron chi connectivity index (χ4n) is 1.93. The second-order valence-corrected chi connectivity index (χ2v) is 4.28. The van der Waals surface area contributed by atoms with E-state index in [0.717, 1.165) is 18.7 Å². The Morgan fingerprint density at radius 1 is 1.19 bits per heavy atom. The van der Waals surface area contributed by atoms with E-state index in [9.17, 15) is 0 Å². The Labute approximate surface area is 96.7 Å². The van der Waals surface area contributed by atoms with E-state index in [4.69, 9.17) is 4.74 Å². The quantitative estimate of drug-likeness (QED) is 0.710. The number of rotatable bonds is 2. The van der Waals surface area contributed by atoms with Crippen LogP contribution in [0.5, 0.6) is 0 Å². The van der Waals surface area contributed by atoms with Crippen molar-refractivity contribution in [2.75, 3.05) is 13.1 Å². The topological polar surface area (TPSA) is 24.8 Å². The van der Waals surface area contributed by atoms with Gasteiger partial charge in [-0.05, 0) is 19.4 Å². The Hall–Kier alpha value is -1.35. The zero-order valence-electron chi connectivity index (χ0n) is 9.84. The average Bonchev–Trinajstić information content (AvgIpc) is 2.27. The Kier molecular flexibility index (Phi) is 3.57. The summed E-state index contributed by atoms with van der Waals surface area (Å²) in [5.74, 6) is 0. The third-order valence-electron chi connectivity index (χ3n) is 2.57. The van der Waals surface area contributed by atoms with Crippen molar-refractivity contribution in [1.29, 1.82) is 0 Å². The standard InChI is InChI=1S/C13H18N2O/c1-11-9-15(10-12(2)16-11)14-8-13-6-4-3-5-7-13/h3-8,11-12H,9-10H2,1-2H3. The van der Waals surface area contributed by atoms with Crippen molar-refractivity contribution in [3.05, 3.63) is 35.9 Å². The van der Waals surface area contributed by atoms with Gasteiger partial charge in [0.15, 0.2) is 0 Å². The summed E-state index contributed by atoms with van der Waals surface area (Å²) < 4.78 is 5.65. The fourth-order valence-corrected chi connectivity index (χ4v) is 1.93. The fraction of sp³-hybridized carbons (Fsp3) is 0.462. The summed E-state index contributed by atoms with van der Waals surface area (Å²) in [5.41, 5.74) is 1.13. The molecule has 86 valence electrons. The minimum absolute atomic E-state index is 0.261. The molecule has 3 heteroatoms. The third kappa shape index (κ3) is 3.07. The maximum Gasteiger partial charge on any atom is 0.0743 e. The molecular weight excluding hydrogens is 200 g/mol. The van der Waals surface area contributed by atoms with Crippen LogP contribution in [0.3, 0.4) is 0 Å². The first-order chi connectivity index (χ1) is 7.74. The van der Waals surface area contributed by atoms with E-state index in [-0.39, 0.29) is 12.2 Å². The molecule has 1 heterocycles. The first-order valence-corrected chi connectivity index (χ1v) is 5.73. The summed E-state index contributed by atoms with van der Waals surface area (Å²) in [4.78, 5) is 0. The van der Waals surface area contributed by atoms with E-state index in [2.05, 4.69) is 36.1 Å². The van der Waals surface area contributed by atoms with Crippen LogP contribution in [0.25, 0.3) is 0 Å². The lowest BCUT2D eigenvalue weighted by Gasteiger charge is -2.33. The van der Waals surface area contributed by atoms with Gasteiger partial charge in [-0.1, -0.05) is 30.3 Å². The van der Waals surface area contributed by atoms with Crippen molar-refractivity contribution in [3.8, 4) is 0 Å². The predicted molar refractivity (Wildman–Crippen MR) is 65.6 cm³/mol. The lowest BCUT2D eigenvalue weighted by atomic mass is 10.2. The Morgan fingerprint density at radius 2 is 1.81 bits per heavy atom. The molecule has 0 spiro atoms. The maximum atomic E-state index is 5.65. The van der Waals surface area contributed by atoms with Gasteiger partial charge >= 0.3 is 0 Å². The molecule has 1 aromatic carbocycles. The zero-order valence-corrected chi connectivity index (χ0v) is 9.84. The zero-order chi connectivity index (χ0) is 11.4. The van der Waals surface area contributed by atoms with Crippen molar-refractivity contribution in [2.45, 2.75) is 26.1 Å². The Balaban J connectivity index is 1.96. The van der Waals surface area contributed by atoms with Crippen LogP contribution < -0.4 is 0 Å². The highest BCUT2D eigenvalue weighted by molar-refractivity contribution is 5.79. The van der Waals surface area contributed by atoms with Crippen LogP contribution in [0.15, 0.2) is 35.4 Å². The molecular formula is C13H18N2O. The van der Waals surface area contributed by atoms with Gasteiger partial charge in [-0.3, -0.25) is 5.01 Å². The van der Waals surface area contributed by atoms with Crippen LogP contribution in [-0.4, -0.2) is 36.5 Å². The van der Waals surface area contributed by atoms with Gasteiger partial charge in [0.1, 0.15) is 0 Å². The summed E-state index contributed by atoms with van der Waals surface area (Å²) in [6.45, 7) is 5.91. The molecule has 0 N–H and O–H groups in total. The molecule has 3 nitrogen and oxygen atoms in total. The van der Waals surface area contributed by atoms with Gasteiger partial charge in [0, 0.05) is 0 Å². The maximum absolute atomic E-state index is 5.65. The number of hydrogen-bond donors (Lipinski definition) is 0. The summed E-state index contributed by atoms with van der Waals surface area (Å²) in [6, 6.07) is 10.2. The van der Waals surface area contributed by atoms with Crippen LogP contribution >= 0.6 is 0 Å². The van der Waals surface area contributed by atoms with Crippen LogP contribution in [0, 0.1) is 0 Å². The minimum atomic E-state index is 0.261. The number of benzene rings is 1. The number of hydrogen-bond acceptors (Lipinski definition) is 3. The van der Waals surface area contributed by atoms with Gasteiger partial charge in [0.05, 0.1) is 31.5 Å². The second kappa shape index (κ2) is 5.12. The number of hydrazone groups is 1. The van der Waals surface area contributed by atoms with Gasteiger partial charge < -0.3 is 4.74 Å². The van der Waals surface area contributed by atoms with E-state index >= 15 is 0 Å². The summed E-state index contributed by atoms with van der Waals surface area (Å²) in [7, 11) is 0. The number of ether oxygens (including phenoxy) is 1. The van der Waals surface area contributed by atoms with E-state index in [0.29, 0.717) is 0 Å². The first kappa shape index (κ1) is 11.1. The smallest absolute Gasteiger partial charge is 0.0743 e. The summed E-state index contributed by atoms with van der Waals surface area (Å²) in [5, 5.41) is 6.56. The van der Waals surface area contributed by atoms with E-state index < -0.39 is 0 Å². The van der Waals surface area contributed by atoms with Gasteiger partial charge in [-0.2, -0.15) is 5.10 Å². The highest BCUT2D eigenvalue weighted by Gasteiger charge is 2.20. The molecule has 2 rings (SSSR count). The van der Waals surface area contributed by atoms with Gasteiger partial charge in [0.2, 0.25) is 0 Å². The normalized spacial score (nSPS) is 26.2. The molecule has 1 aromatic rings. The van der Waals surface area contributed by atoms with E-state index in [1.807, 2.05) is 24.4 Å². The molecule has 0 amide bonds. The Morgan fingerprint density at radius 3 is 2.44 bits per heavy atom. The van der Waals surface area contributed by atoms with Gasteiger partial charge in [0.25, 0.3) is 0 Å². The van der Waals surface area contributed by atoms with Crippen LogP contribution in [-0.2, 0) is 4.74 Å². The van der Waals surface area contributed by atoms with Crippen molar-refractivity contribution in [3.63, 3.8) is 0 Å². The SMILES string of the molecule is CC1CN(N=Cc2ccccc2)CC(C)O1. The molecule has 16 heavy (non-hydrogen) atoms. The van der Waals surface area contributed by atoms with Crippen molar-refractivity contribution in [1.82, 2.24) is 5.01 Å². The summed E-state index contributed by atoms with van der Waals surface area (Å²) >= 11 is 0. The average molecular weight is 218 g/mol. The van der Waals surface area contributed by atoms with Crippen molar-refractivity contribution in [2.24, 2.45) is 5.10 Å². The van der Waals surface area contributed by atoms with Crippen molar-refractivity contribution < 1.29 is 4.74 Å². The Bertz CT molecular complexity index is 340. The highest BCUT2D eigenvalue weighted by Crippen LogP contribution is 2.10. The number of nitrogens with zero attached hydrogens (tertiary/aromatic N) is 2. The summed E-state index contributed by atoms with van der Waals surface area (Å²) in [6.07, 6.45) is 2.43. The molecule has 0 aliphatic carbocycles. The van der Waals surface area contributed by atoms with Crippen molar-refractivity contribution >= 4 is 6.21 Å². The highest BCUT2D eigenvalue weighted by atomic mass is 16.5. The van der Waals surface area contributed by atoms with E-state index in [1.54, 1.807) is 0 Å². The monoisotopic (exact) mass is 218 g/mol. The molecule has 1 aliphatic rings. The number of morpholine rings is 1. The van der Waals surface area contributed by atoms with Gasteiger partial charge in [-0.15, -0.1) is 0 Å². The molecule has 0 aromatic heterocycles. The molecule has 0 radical (unpaired) electrons. The van der Waals surface area contributed by atoms with Crippen LogP contribution in [0.2, 0.25) is 0 Å². The lowest BCUT2D eigenvalue weighted by molar-refractivity contribution is -0.0671. The third-order valence-corrected chi connectivity index (χ3v) is 2.57. The first-order valence-electron chi connectivity index (χ1n) is 5.73. The van der Waals surface area contributed by atoms with Crippen LogP contribution in [0.1, 0.15) is 19.4 Å². The van der Waals surface area contributed by atoms with E-state index in [1.165, 1.54) is 0 Å². The largest absolute Gasteiger partial charge is 0.372 e. The molecule has 0 saturated carbocycles.